The third-order valence-electron chi connectivity index (χ3n) is 6.26. The minimum absolute atomic E-state index is 0.144. The van der Waals surface area contributed by atoms with E-state index < -0.39 is 6.10 Å². The first kappa shape index (κ1) is 17.6. The van der Waals surface area contributed by atoms with Crippen LogP contribution < -0.4 is 10.1 Å². The van der Waals surface area contributed by atoms with Gasteiger partial charge in [0.1, 0.15) is 12.0 Å². The molecular weight excluding hydrogens is 328 g/mol. The summed E-state index contributed by atoms with van der Waals surface area (Å²) in [5.74, 6) is 1.97. The van der Waals surface area contributed by atoms with Crippen LogP contribution in [0.25, 0.3) is 5.57 Å². The molecule has 4 aliphatic rings. The maximum atomic E-state index is 11.3. The molecule has 2 unspecified atom stereocenters. The van der Waals surface area contributed by atoms with Crippen LogP contribution in [0.15, 0.2) is 36.9 Å². The number of aliphatic hydroxyl groups excluding tert-OH is 1. The number of nitrogens with zero attached hydrogens (tertiary/aromatic N) is 1. The van der Waals surface area contributed by atoms with Gasteiger partial charge in [-0.05, 0) is 61.1 Å². The van der Waals surface area contributed by atoms with Crippen molar-refractivity contribution in [2.45, 2.75) is 31.2 Å². The zero-order chi connectivity index (χ0) is 18.3. The summed E-state index contributed by atoms with van der Waals surface area (Å²) in [6, 6.07) is 6.05. The molecule has 26 heavy (non-hydrogen) atoms. The lowest BCUT2D eigenvalue weighted by atomic mass is 9.73. The van der Waals surface area contributed by atoms with Gasteiger partial charge in [0.2, 0.25) is 0 Å². The van der Waals surface area contributed by atoms with E-state index in [1.807, 2.05) is 24.3 Å². The van der Waals surface area contributed by atoms with E-state index in [1.165, 1.54) is 6.42 Å². The van der Waals surface area contributed by atoms with Crippen LogP contribution in [0.4, 0.5) is 5.69 Å². The topological polar surface area (TPSA) is 54.0 Å². The standard InChI is InChI=1S/C21H28N2O3/c1-4-13-12-23-8-7-14(13)9-19(23)21(24)17-11-20(26-3)22-18-6-5-15(25-2)10-16(17)18/h4-6,10-11,13-14,19-22,24H,1,7-9,12H2,2-3H3/t13-,14-,19+,20?,21-/m0/s1. The largest absolute Gasteiger partial charge is 0.497 e. The van der Waals surface area contributed by atoms with Crippen molar-refractivity contribution in [3.8, 4) is 5.75 Å². The molecule has 0 aromatic heterocycles. The van der Waals surface area contributed by atoms with E-state index in [0.717, 1.165) is 42.1 Å². The number of fused-ring (bicyclic) bond motifs is 4. The van der Waals surface area contributed by atoms with Gasteiger partial charge >= 0.3 is 0 Å². The zero-order valence-electron chi connectivity index (χ0n) is 15.5. The number of ether oxygens (including phenoxy) is 2. The lowest BCUT2D eigenvalue weighted by Gasteiger charge is -2.51. The van der Waals surface area contributed by atoms with Crippen LogP contribution >= 0.6 is 0 Å². The average molecular weight is 356 g/mol. The van der Waals surface area contributed by atoms with Crippen molar-refractivity contribution in [2.75, 3.05) is 32.6 Å². The summed E-state index contributed by atoms with van der Waals surface area (Å²) in [4.78, 5) is 2.43. The molecule has 0 spiro atoms. The van der Waals surface area contributed by atoms with Gasteiger partial charge in [0.05, 0.1) is 13.2 Å². The molecule has 2 N–H and O–H groups in total. The Morgan fingerprint density at radius 2 is 2.23 bits per heavy atom. The van der Waals surface area contributed by atoms with E-state index in [9.17, 15) is 5.11 Å². The van der Waals surface area contributed by atoms with Crippen LogP contribution in [0.3, 0.4) is 0 Å². The van der Waals surface area contributed by atoms with Crippen LogP contribution in [0.5, 0.6) is 5.75 Å². The van der Waals surface area contributed by atoms with Crippen molar-refractivity contribution in [3.05, 3.63) is 42.5 Å². The fourth-order valence-corrected chi connectivity index (χ4v) is 4.76. The second kappa shape index (κ2) is 7.06. The average Bonchev–Trinajstić information content (AvgIpc) is 2.72. The van der Waals surface area contributed by atoms with Gasteiger partial charge in [0.15, 0.2) is 0 Å². The molecule has 4 aliphatic heterocycles. The molecule has 140 valence electrons. The second-order valence-corrected chi connectivity index (χ2v) is 7.53. The Kier molecular flexibility index (Phi) is 4.78. The molecule has 3 fully saturated rings. The van der Waals surface area contributed by atoms with Gasteiger partial charge in [0, 0.05) is 30.9 Å². The number of benzene rings is 1. The summed E-state index contributed by atoms with van der Waals surface area (Å²) in [5, 5.41) is 14.7. The third kappa shape index (κ3) is 2.94. The van der Waals surface area contributed by atoms with Gasteiger partial charge in [-0.3, -0.25) is 4.90 Å². The Labute approximate surface area is 155 Å². The van der Waals surface area contributed by atoms with Crippen molar-refractivity contribution < 1.29 is 14.6 Å². The fourth-order valence-electron chi connectivity index (χ4n) is 4.76. The van der Waals surface area contributed by atoms with Crippen LogP contribution in [0, 0.1) is 11.8 Å². The van der Waals surface area contributed by atoms with Gasteiger partial charge in [-0.15, -0.1) is 6.58 Å². The fraction of sp³-hybridized carbons (Fsp3) is 0.524. The molecule has 3 saturated heterocycles. The number of aliphatic hydroxyl groups is 1. The number of nitrogens with one attached hydrogen (secondary N) is 1. The maximum absolute atomic E-state index is 11.3. The molecule has 1 aromatic carbocycles. The van der Waals surface area contributed by atoms with E-state index in [-0.39, 0.29) is 12.3 Å². The minimum Gasteiger partial charge on any atom is -0.497 e. The lowest BCUT2D eigenvalue weighted by Crippen LogP contribution is -2.57. The number of piperidine rings is 3. The summed E-state index contributed by atoms with van der Waals surface area (Å²) in [6.07, 6.45) is 5.52. The van der Waals surface area contributed by atoms with Gasteiger partial charge in [-0.2, -0.15) is 0 Å². The molecule has 0 amide bonds. The van der Waals surface area contributed by atoms with Crippen molar-refractivity contribution >= 4 is 11.3 Å². The SMILES string of the molecule is C=C[C@H]1CN2CC[C@H]1C[C@@H]2[C@@H](O)C1=CC(OC)Nc2ccc(OC)cc21. The number of rotatable bonds is 5. The third-order valence-corrected chi connectivity index (χ3v) is 6.26. The van der Waals surface area contributed by atoms with Crippen molar-refractivity contribution in [3.63, 3.8) is 0 Å². The van der Waals surface area contributed by atoms with Gasteiger partial charge < -0.3 is 19.9 Å². The van der Waals surface area contributed by atoms with Crippen LogP contribution in [-0.4, -0.2) is 55.7 Å². The number of anilines is 1. The number of methoxy groups -OCH3 is 2. The Morgan fingerprint density at radius 1 is 1.38 bits per heavy atom. The van der Waals surface area contributed by atoms with Crippen LogP contribution in [0.2, 0.25) is 0 Å². The molecule has 6 atom stereocenters. The van der Waals surface area contributed by atoms with E-state index in [2.05, 4.69) is 22.9 Å². The first-order chi connectivity index (χ1) is 12.6. The van der Waals surface area contributed by atoms with Crippen molar-refractivity contribution in [1.82, 2.24) is 4.90 Å². The molecule has 5 heteroatoms. The highest BCUT2D eigenvalue weighted by atomic mass is 16.5. The van der Waals surface area contributed by atoms with Gasteiger partial charge in [-0.1, -0.05) is 6.08 Å². The molecule has 0 aliphatic carbocycles. The highest BCUT2D eigenvalue weighted by molar-refractivity contribution is 5.83. The van der Waals surface area contributed by atoms with Crippen molar-refractivity contribution in [2.24, 2.45) is 11.8 Å². The minimum atomic E-state index is -0.547. The highest BCUT2D eigenvalue weighted by Gasteiger charge is 2.43. The predicted octanol–water partition coefficient (Wildman–Crippen LogP) is 2.73. The molecule has 1 aromatic rings. The molecule has 0 radical (unpaired) electrons. The quantitative estimate of drug-likeness (QED) is 0.795. The van der Waals surface area contributed by atoms with E-state index >= 15 is 0 Å². The number of hydrogen-bond acceptors (Lipinski definition) is 5. The second-order valence-electron chi connectivity index (χ2n) is 7.53. The Hall–Kier alpha value is -1.82. The Morgan fingerprint density at radius 3 is 2.88 bits per heavy atom. The normalized spacial score (nSPS) is 33.7. The monoisotopic (exact) mass is 356 g/mol. The van der Waals surface area contributed by atoms with Crippen LogP contribution in [0.1, 0.15) is 18.4 Å². The van der Waals surface area contributed by atoms with Crippen molar-refractivity contribution in [1.29, 1.82) is 0 Å². The van der Waals surface area contributed by atoms with Crippen LogP contribution in [-0.2, 0) is 4.74 Å². The first-order valence-electron chi connectivity index (χ1n) is 9.38. The molecule has 0 saturated carbocycles. The van der Waals surface area contributed by atoms with E-state index in [1.54, 1.807) is 14.2 Å². The molecular formula is C21H28N2O3. The highest BCUT2D eigenvalue weighted by Crippen LogP contribution is 2.42. The van der Waals surface area contributed by atoms with Gasteiger partial charge in [0.25, 0.3) is 0 Å². The molecule has 4 heterocycles. The smallest absolute Gasteiger partial charge is 0.147 e. The maximum Gasteiger partial charge on any atom is 0.147 e. The molecule has 2 bridgehead atoms. The summed E-state index contributed by atoms with van der Waals surface area (Å²) in [7, 11) is 3.34. The Bertz CT molecular complexity index is 717. The molecule has 5 nitrogen and oxygen atoms in total. The molecule has 5 rings (SSSR count). The van der Waals surface area contributed by atoms with E-state index in [4.69, 9.17) is 9.47 Å². The zero-order valence-corrected chi connectivity index (χ0v) is 15.5. The summed E-state index contributed by atoms with van der Waals surface area (Å²) < 4.78 is 10.9. The van der Waals surface area contributed by atoms with E-state index in [0.29, 0.717) is 11.8 Å². The lowest BCUT2D eigenvalue weighted by molar-refractivity contribution is -0.0256. The first-order valence-corrected chi connectivity index (χ1v) is 9.38. The number of hydrogen-bond donors (Lipinski definition) is 2. The summed E-state index contributed by atoms with van der Waals surface area (Å²) in [5.41, 5.74) is 2.89. The summed E-state index contributed by atoms with van der Waals surface area (Å²) in [6.45, 7) is 6.05. The van der Waals surface area contributed by atoms with Gasteiger partial charge in [-0.25, -0.2) is 0 Å². The summed E-state index contributed by atoms with van der Waals surface area (Å²) >= 11 is 0. The predicted molar refractivity (Wildman–Crippen MR) is 103 cm³/mol. The Balaban J connectivity index is 1.65.